The molecule has 0 spiro atoms. The number of nitrogens with zero attached hydrogens (tertiary/aromatic N) is 3. The first-order valence-electron chi connectivity index (χ1n) is 4.44. The molecule has 0 radical (unpaired) electrons. The van der Waals surface area contributed by atoms with Crippen LogP contribution in [-0.2, 0) is 6.54 Å². The minimum absolute atomic E-state index is 0.366. The van der Waals surface area contributed by atoms with Gasteiger partial charge in [0.05, 0.1) is 6.54 Å². The van der Waals surface area contributed by atoms with Gasteiger partial charge in [-0.05, 0) is 34.7 Å². The van der Waals surface area contributed by atoms with E-state index >= 15 is 0 Å². The summed E-state index contributed by atoms with van der Waals surface area (Å²) in [7, 11) is 0. The predicted octanol–water partition coefficient (Wildman–Crippen LogP) is 4.27. The lowest BCUT2D eigenvalue weighted by Crippen LogP contribution is -1.94. The van der Waals surface area contributed by atoms with Crippen molar-refractivity contribution in [1.82, 2.24) is 0 Å². The first kappa shape index (κ1) is 10.9. The largest absolute Gasteiger partial charge is 0.0893 e. The number of azide groups is 1. The van der Waals surface area contributed by atoms with Gasteiger partial charge in [-0.15, -0.1) is 0 Å². The molecule has 1 aromatic carbocycles. The van der Waals surface area contributed by atoms with Gasteiger partial charge < -0.3 is 0 Å². The van der Waals surface area contributed by atoms with E-state index in [4.69, 9.17) is 17.1 Å². The summed E-state index contributed by atoms with van der Waals surface area (Å²) in [6.07, 6.45) is 0. The molecule has 0 unspecified atom stereocenters. The number of halogens is 1. The van der Waals surface area contributed by atoms with E-state index in [0.717, 1.165) is 5.56 Å². The summed E-state index contributed by atoms with van der Waals surface area (Å²) < 4.78 is 0. The fraction of sp³-hybridized carbons (Fsp3) is 0.400. The zero-order valence-corrected chi connectivity index (χ0v) is 8.99. The molecule has 0 saturated heterocycles. The fourth-order valence-corrected chi connectivity index (χ4v) is 1.58. The highest BCUT2D eigenvalue weighted by Crippen LogP contribution is 2.23. The second kappa shape index (κ2) is 4.89. The van der Waals surface area contributed by atoms with E-state index in [1.807, 2.05) is 18.2 Å². The molecule has 0 aromatic heterocycles. The summed E-state index contributed by atoms with van der Waals surface area (Å²) in [6, 6.07) is 5.69. The molecule has 1 aromatic rings. The SMILES string of the molecule is CC(C)c1ccc(Cl)cc1CN=[N+]=[N-]. The molecule has 1 rings (SSSR count). The summed E-state index contributed by atoms with van der Waals surface area (Å²) in [6.45, 7) is 4.57. The van der Waals surface area contributed by atoms with Gasteiger partial charge in [0.2, 0.25) is 0 Å². The summed E-state index contributed by atoms with van der Waals surface area (Å²) in [5.74, 6) is 0.413. The second-order valence-corrected chi connectivity index (χ2v) is 3.82. The molecule has 0 saturated carbocycles. The van der Waals surface area contributed by atoms with Crippen LogP contribution in [0.5, 0.6) is 0 Å². The molecule has 0 aliphatic rings. The Balaban J connectivity index is 3.08. The lowest BCUT2D eigenvalue weighted by atomic mass is 9.97. The molecule has 0 bridgehead atoms. The summed E-state index contributed by atoms with van der Waals surface area (Å²) in [5, 5.41) is 4.23. The Morgan fingerprint density at radius 2 is 2.21 bits per heavy atom. The van der Waals surface area contributed by atoms with Gasteiger partial charge in [0.1, 0.15) is 0 Å². The van der Waals surface area contributed by atoms with Crippen LogP contribution in [0.25, 0.3) is 10.4 Å². The molecule has 14 heavy (non-hydrogen) atoms. The minimum atomic E-state index is 0.366. The summed E-state index contributed by atoms with van der Waals surface area (Å²) in [5.41, 5.74) is 10.4. The van der Waals surface area contributed by atoms with Crippen molar-refractivity contribution in [2.45, 2.75) is 26.3 Å². The standard InChI is InChI=1S/C10H12ClN3/c1-7(2)10-4-3-9(11)5-8(10)6-13-14-12/h3-5,7H,6H2,1-2H3. The van der Waals surface area contributed by atoms with E-state index in [9.17, 15) is 0 Å². The molecule has 0 heterocycles. The highest BCUT2D eigenvalue weighted by molar-refractivity contribution is 6.30. The third-order valence-corrected chi connectivity index (χ3v) is 2.27. The highest BCUT2D eigenvalue weighted by Gasteiger charge is 2.05. The number of hydrogen-bond acceptors (Lipinski definition) is 1. The monoisotopic (exact) mass is 209 g/mol. The van der Waals surface area contributed by atoms with Crippen molar-refractivity contribution in [3.63, 3.8) is 0 Å². The Hall–Kier alpha value is -1.18. The molecule has 0 atom stereocenters. The van der Waals surface area contributed by atoms with E-state index in [1.165, 1.54) is 5.56 Å². The summed E-state index contributed by atoms with van der Waals surface area (Å²) >= 11 is 5.87. The first-order chi connectivity index (χ1) is 6.65. The lowest BCUT2D eigenvalue weighted by Gasteiger charge is -2.10. The van der Waals surface area contributed by atoms with Crippen LogP contribution < -0.4 is 0 Å². The van der Waals surface area contributed by atoms with Gasteiger partial charge in [0.15, 0.2) is 0 Å². The van der Waals surface area contributed by atoms with Crippen LogP contribution >= 0.6 is 11.6 Å². The Morgan fingerprint density at radius 3 is 2.79 bits per heavy atom. The average Bonchev–Trinajstić information content (AvgIpc) is 2.14. The van der Waals surface area contributed by atoms with Crippen LogP contribution in [0.3, 0.4) is 0 Å². The highest BCUT2D eigenvalue weighted by atomic mass is 35.5. The van der Waals surface area contributed by atoms with Crippen LogP contribution in [0.4, 0.5) is 0 Å². The Kier molecular flexibility index (Phi) is 3.81. The molecule has 0 amide bonds. The molecule has 0 aliphatic carbocycles. The van der Waals surface area contributed by atoms with Crippen molar-refractivity contribution >= 4 is 11.6 Å². The topological polar surface area (TPSA) is 48.8 Å². The molecular formula is C10H12ClN3. The number of rotatable bonds is 3. The lowest BCUT2D eigenvalue weighted by molar-refractivity contribution is 0.838. The number of hydrogen-bond donors (Lipinski definition) is 0. The first-order valence-corrected chi connectivity index (χ1v) is 4.82. The van der Waals surface area contributed by atoms with Crippen LogP contribution in [-0.4, -0.2) is 0 Å². The Labute approximate surface area is 88.3 Å². The van der Waals surface area contributed by atoms with Gasteiger partial charge in [-0.3, -0.25) is 0 Å². The van der Waals surface area contributed by atoms with E-state index in [1.54, 1.807) is 0 Å². The Bertz CT molecular complexity index is 368. The zero-order chi connectivity index (χ0) is 10.6. The maximum Gasteiger partial charge on any atom is 0.0514 e. The van der Waals surface area contributed by atoms with Crippen LogP contribution in [0.15, 0.2) is 23.3 Å². The van der Waals surface area contributed by atoms with Crippen LogP contribution in [0.2, 0.25) is 5.02 Å². The van der Waals surface area contributed by atoms with Gasteiger partial charge in [0.25, 0.3) is 0 Å². The summed E-state index contributed by atoms with van der Waals surface area (Å²) in [4.78, 5) is 2.74. The van der Waals surface area contributed by atoms with Crippen LogP contribution in [0.1, 0.15) is 30.9 Å². The van der Waals surface area contributed by atoms with Gasteiger partial charge in [-0.1, -0.05) is 36.6 Å². The van der Waals surface area contributed by atoms with Crippen molar-refractivity contribution < 1.29 is 0 Å². The minimum Gasteiger partial charge on any atom is -0.0893 e. The molecular weight excluding hydrogens is 198 g/mol. The molecule has 0 N–H and O–H groups in total. The van der Waals surface area contributed by atoms with Gasteiger partial charge in [-0.25, -0.2) is 0 Å². The van der Waals surface area contributed by atoms with Gasteiger partial charge in [-0.2, -0.15) is 0 Å². The van der Waals surface area contributed by atoms with Gasteiger partial charge in [0, 0.05) is 9.93 Å². The average molecular weight is 210 g/mol. The van der Waals surface area contributed by atoms with E-state index in [2.05, 4.69) is 23.9 Å². The number of benzene rings is 1. The molecule has 4 heteroatoms. The Morgan fingerprint density at radius 1 is 1.50 bits per heavy atom. The van der Waals surface area contributed by atoms with Crippen molar-refractivity contribution in [3.8, 4) is 0 Å². The maximum absolute atomic E-state index is 8.25. The van der Waals surface area contributed by atoms with Crippen molar-refractivity contribution in [2.24, 2.45) is 5.11 Å². The molecule has 0 fully saturated rings. The van der Waals surface area contributed by atoms with Crippen LogP contribution in [0, 0.1) is 0 Å². The quantitative estimate of drug-likeness (QED) is 0.406. The molecule has 74 valence electrons. The molecule has 3 nitrogen and oxygen atoms in total. The smallest absolute Gasteiger partial charge is 0.0514 e. The zero-order valence-electron chi connectivity index (χ0n) is 8.24. The van der Waals surface area contributed by atoms with Crippen molar-refractivity contribution in [2.75, 3.05) is 0 Å². The van der Waals surface area contributed by atoms with E-state index in [-0.39, 0.29) is 0 Å². The molecule has 0 aliphatic heterocycles. The normalized spacial score (nSPS) is 10.0. The van der Waals surface area contributed by atoms with E-state index < -0.39 is 0 Å². The maximum atomic E-state index is 8.25. The second-order valence-electron chi connectivity index (χ2n) is 3.39. The fourth-order valence-electron chi connectivity index (χ4n) is 1.38. The third-order valence-electron chi connectivity index (χ3n) is 2.03. The van der Waals surface area contributed by atoms with E-state index in [0.29, 0.717) is 17.5 Å². The third kappa shape index (κ3) is 2.66. The van der Waals surface area contributed by atoms with Gasteiger partial charge >= 0.3 is 0 Å². The predicted molar refractivity (Wildman–Crippen MR) is 58.4 cm³/mol. The van der Waals surface area contributed by atoms with Crippen molar-refractivity contribution in [3.05, 3.63) is 44.8 Å². The van der Waals surface area contributed by atoms with Crippen molar-refractivity contribution in [1.29, 1.82) is 0 Å².